The molecule has 3 aromatic rings. The Morgan fingerprint density at radius 1 is 1.38 bits per heavy atom. The molecule has 0 saturated heterocycles. The molecule has 1 aliphatic rings. The predicted octanol–water partition coefficient (Wildman–Crippen LogP) is 3.76. The van der Waals surface area contributed by atoms with Gasteiger partial charge in [-0.2, -0.15) is 0 Å². The largest absolute Gasteiger partial charge is 0.334 e. The van der Waals surface area contributed by atoms with Crippen molar-refractivity contribution >= 4 is 28.5 Å². The van der Waals surface area contributed by atoms with Crippen molar-refractivity contribution in [1.82, 2.24) is 19.9 Å². The molecule has 0 fully saturated rings. The van der Waals surface area contributed by atoms with Crippen molar-refractivity contribution in [3.63, 3.8) is 0 Å². The van der Waals surface area contributed by atoms with Gasteiger partial charge < -0.3 is 9.88 Å². The number of hydrogen-bond donors (Lipinski definition) is 1. The summed E-state index contributed by atoms with van der Waals surface area (Å²) in [6.07, 6.45) is 3.41. The van der Waals surface area contributed by atoms with E-state index in [1.165, 1.54) is 0 Å². The molecule has 1 aromatic carbocycles. The number of benzene rings is 1. The van der Waals surface area contributed by atoms with Gasteiger partial charge in [-0.3, -0.25) is 9.78 Å². The molecular weight excluding hydrogens is 324 g/mol. The lowest BCUT2D eigenvalue weighted by molar-refractivity contribution is 0.0642. The molecule has 0 saturated carbocycles. The molecule has 3 heterocycles. The Morgan fingerprint density at radius 2 is 2.25 bits per heavy atom. The first-order valence-electron chi connectivity index (χ1n) is 8.08. The number of aromatic nitrogens is 3. The van der Waals surface area contributed by atoms with Crippen LogP contribution in [0, 0.1) is 0 Å². The van der Waals surface area contributed by atoms with Gasteiger partial charge in [-0.25, -0.2) is 4.98 Å². The Labute approximate surface area is 144 Å². The fourth-order valence-electron chi connectivity index (χ4n) is 3.43. The van der Waals surface area contributed by atoms with Crippen molar-refractivity contribution in [1.29, 1.82) is 0 Å². The van der Waals surface area contributed by atoms with Gasteiger partial charge in [-0.05, 0) is 30.2 Å². The summed E-state index contributed by atoms with van der Waals surface area (Å²) < 4.78 is 0. The van der Waals surface area contributed by atoms with Crippen molar-refractivity contribution in [2.75, 3.05) is 6.54 Å². The molecule has 6 heteroatoms. The first kappa shape index (κ1) is 15.1. The minimum absolute atomic E-state index is 0.0265. The number of carbonyl (C=O) groups is 1. The van der Waals surface area contributed by atoms with Crippen LogP contribution in [0.3, 0.4) is 0 Å². The number of amides is 1. The summed E-state index contributed by atoms with van der Waals surface area (Å²) in [5.41, 5.74) is 3.63. The molecule has 1 aliphatic heterocycles. The van der Waals surface area contributed by atoms with Gasteiger partial charge in [-0.15, -0.1) is 0 Å². The van der Waals surface area contributed by atoms with Crippen LogP contribution >= 0.6 is 11.6 Å². The SMILES string of the molecule is CC[C@@H]1c2cccnc2CCN1C(=O)c1nc2c(Cl)cccc2[nH]1. The Bertz CT molecular complexity index is 920. The van der Waals surface area contributed by atoms with E-state index in [1.807, 2.05) is 29.3 Å². The number of halogens is 1. The number of aromatic amines is 1. The molecule has 0 aliphatic carbocycles. The van der Waals surface area contributed by atoms with E-state index in [4.69, 9.17) is 11.6 Å². The molecule has 1 atom stereocenters. The molecular formula is C18H17ClN4O. The van der Waals surface area contributed by atoms with Gasteiger partial charge in [0.15, 0.2) is 5.82 Å². The fourth-order valence-corrected chi connectivity index (χ4v) is 3.65. The van der Waals surface area contributed by atoms with Gasteiger partial charge >= 0.3 is 0 Å². The van der Waals surface area contributed by atoms with Crippen LogP contribution in [0.15, 0.2) is 36.5 Å². The molecule has 0 spiro atoms. The number of pyridine rings is 1. The summed E-state index contributed by atoms with van der Waals surface area (Å²) in [4.78, 5) is 26.9. The van der Waals surface area contributed by atoms with E-state index in [9.17, 15) is 4.79 Å². The van der Waals surface area contributed by atoms with Crippen molar-refractivity contribution in [2.24, 2.45) is 0 Å². The van der Waals surface area contributed by atoms with Crippen LogP contribution in [-0.4, -0.2) is 32.3 Å². The highest BCUT2D eigenvalue weighted by Crippen LogP contribution is 2.32. The second-order valence-electron chi connectivity index (χ2n) is 5.93. The first-order valence-corrected chi connectivity index (χ1v) is 8.46. The van der Waals surface area contributed by atoms with Crippen LogP contribution in [-0.2, 0) is 6.42 Å². The highest BCUT2D eigenvalue weighted by Gasteiger charge is 2.32. The Morgan fingerprint density at radius 3 is 3.04 bits per heavy atom. The summed E-state index contributed by atoms with van der Waals surface area (Å²) in [5, 5.41) is 0.544. The summed E-state index contributed by atoms with van der Waals surface area (Å²) in [6.45, 7) is 2.73. The maximum Gasteiger partial charge on any atom is 0.290 e. The Kier molecular flexibility index (Phi) is 3.73. The van der Waals surface area contributed by atoms with Gasteiger partial charge in [0.05, 0.1) is 16.6 Å². The molecule has 2 aromatic heterocycles. The number of hydrogen-bond acceptors (Lipinski definition) is 3. The van der Waals surface area contributed by atoms with E-state index in [-0.39, 0.29) is 11.9 Å². The third-order valence-corrected chi connectivity index (χ3v) is 4.87. The molecule has 4 rings (SSSR count). The number of imidazole rings is 1. The molecule has 0 bridgehead atoms. The van der Waals surface area contributed by atoms with Crippen molar-refractivity contribution < 1.29 is 4.79 Å². The summed E-state index contributed by atoms with van der Waals surface area (Å²) in [5.74, 6) is 0.243. The van der Waals surface area contributed by atoms with Crippen LogP contribution in [0.5, 0.6) is 0 Å². The second kappa shape index (κ2) is 5.91. The monoisotopic (exact) mass is 340 g/mol. The normalized spacial score (nSPS) is 17.1. The Hall–Kier alpha value is -2.40. The topological polar surface area (TPSA) is 61.9 Å². The summed E-state index contributed by atoms with van der Waals surface area (Å²) in [6, 6.07) is 9.50. The van der Waals surface area contributed by atoms with Gasteiger partial charge in [-0.1, -0.05) is 30.7 Å². The number of rotatable bonds is 2. The zero-order valence-electron chi connectivity index (χ0n) is 13.3. The van der Waals surface area contributed by atoms with Crippen LogP contribution < -0.4 is 0 Å². The van der Waals surface area contributed by atoms with Gasteiger partial charge in [0, 0.05) is 24.9 Å². The molecule has 0 radical (unpaired) electrons. The van der Waals surface area contributed by atoms with E-state index in [2.05, 4.69) is 27.9 Å². The van der Waals surface area contributed by atoms with Crippen molar-refractivity contribution in [3.05, 3.63) is 58.6 Å². The lowest BCUT2D eigenvalue weighted by Gasteiger charge is -2.35. The maximum absolute atomic E-state index is 13.0. The summed E-state index contributed by atoms with van der Waals surface area (Å²) in [7, 11) is 0. The van der Waals surface area contributed by atoms with Crippen molar-refractivity contribution in [3.8, 4) is 0 Å². The molecule has 0 unspecified atom stereocenters. The van der Waals surface area contributed by atoms with Gasteiger partial charge in [0.1, 0.15) is 5.52 Å². The quantitative estimate of drug-likeness (QED) is 0.772. The highest BCUT2D eigenvalue weighted by atomic mass is 35.5. The number of nitrogens with one attached hydrogen (secondary N) is 1. The maximum atomic E-state index is 13.0. The molecule has 5 nitrogen and oxygen atoms in total. The Balaban J connectivity index is 1.72. The zero-order chi connectivity index (χ0) is 16.7. The van der Waals surface area contributed by atoms with Gasteiger partial charge in [0.2, 0.25) is 0 Å². The molecule has 1 N–H and O–H groups in total. The number of nitrogens with zero attached hydrogens (tertiary/aromatic N) is 3. The van der Waals surface area contributed by atoms with Crippen LogP contribution in [0.4, 0.5) is 0 Å². The van der Waals surface area contributed by atoms with E-state index < -0.39 is 0 Å². The van der Waals surface area contributed by atoms with E-state index in [0.717, 1.165) is 29.6 Å². The smallest absolute Gasteiger partial charge is 0.290 e. The number of para-hydroxylation sites is 1. The fraction of sp³-hybridized carbons (Fsp3) is 0.278. The van der Waals surface area contributed by atoms with Gasteiger partial charge in [0.25, 0.3) is 5.91 Å². The zero-order valence-corrected chi connectivity index (χ0v) is 14.0. The molecule has 24 heavy (non-hydrogen) atoms. The van der Waals surface area contributed by atoms with Crippen LogP contribution in [0.2, 0.25) is 5.02 Å². The van der Waals surface area contributed by atoms with E-state index in [1.54, 1.807) is 6.07 Å². The van der Waals surface area contributed by atoms with E-state index in [0.29, 0.717) is 22.9 Å². The minimum atomic E-state index is -0.0939. The van der Waals surface area contributed by atoms with Crippen LogP contribution in [0.1, 0.15) is 41.3 Å². The number of fused-ring (bicyclic) bond motifs is 2. The minimum Gasteiger partial charge on any atom is -0.334 e. The summed E-state index contributed by atoms with van der Waals surface area (Å²) >= 11 is 6.17. The third-order valence-electron chi connectivity index (χ3n) is 4.56. The molecule has 122 valence electrons. The predicted molar refractivity (Wildman–Crippen MR) is 93.1 cm³/mol. The average Bonchev–Trinajstić information content (AvgIpc) is 3.06. The van der Waals surface area contributed by atoms with Crippen molar-refractivity contribution in [2.45, 2.75) is 25.8 Å². The lowest BCUT2D eigenvalue weighted by Crippen LogP contribution is -2.40. The number of H-pyrrole nitrogens is 1. The first-order chi connectivity index (χ1) is 11.7. The second-order valence-corrected chi connectivity index (χ2v) is 6.34. The standard InChI is InChI=1S/C18H17ClN4O/c1-2-15-11-5-4-9-20-13(11)8-10-23(15)18(24)17-21-14-7-3-6-12(19)16(14)22-17/h3-7,9,15H,2,8,10H2,1H3,(H,21,22)/t15-/m1/s1. The van der Waals surface area contributed by atoms with E-state index >= 15 is 0 Å². The lowest BCUT2D eigenvalue weighted by atomic mass is 9.95. The third kappa shape index (κ3) is 2.36. The van der Waals surface area contributed by atoms with Crippen LogP contribution in [0.25, 0.3) is 11.0 Å². The molecule has 1 amide bonds. The average molecular weight is 341 g/mol. The number of carbonyl (C=O) groups excluding carboxylic acids is 1. The highest BCUT2D eigenvalue weighted by molar-refractivity contribution is 6.35.